The summed E-state index contributed by atoms with van der Waals surface area (Å²) in [6.07, 6.45) is 0. The maximum Gasteiger partial charge on any atom is 0.304 e. The van der Waals surface area contributed by atoms with Gasteiger partial charge < -0.3 is 14.5 Å². The van der Waals surface area contributed by atoms with Crippen LogP contribution < -0.4 is 14.3 Å². The third-order valence-electron chi connectivity index (χ3n) is 2.37. The van der Waals surface area contributed by atoms with E-state index in [1.807, 2.05) is 18.2 Å². The van der Waals surface area contributed by atoms with Crippen LogP contribution >= 0.6 is 11.3 Å². The SMILES string of the molecule is O=c1[nH]c(-c2ccc3c(c2)OCCO3)cs1. The van der Waals surface area contributed by atoms with Gasteiger partial charge in [-0.3, -0.25) is 4.79 Å². The number of rotatable bonds is 1. The topological polar surface area (TPSA) is 51.3 Å². The Morgan fingerprint density at radius 2 is 2.00 bits per heavy atom. The normalized spacial score (nSPS) is 13.8. The average Bonchev–Trinajstić information content (AvgIpc) is 2.75. The Balaban J connectivity index is 2.06. The Labute approximate surface area is 95.5 Å². The van der Waals surface area contributed by atoms with Gasteiger partial charge in [0.15, 0.2) is 11.5 Å². The second-order valence-electron chi connectivity index (χ2n) is 3.42. The summed E-state index contributed by atoms with van der Waals surface area (Å²) in [5, 5.41) is 1.80. The molecule has 0 fully saturated rings. The average molecular weight is 235 g/mol. The molecule has 1 aliphatic heterocycles. The van der Waals surface area contributed by atoms with Crippen molar-refractivity contribution < 1.29 is 9.47 Å². The van der Waals surface area contributed by atoms with Crippen molar-refractivity contribution >= 4 is 11.3 Å². The van der Waals surface area contributed by atoms with Gasteiger partial charge in [-0.2, -0.15) is 0 Å². The Bertz CT molecular complexity index is 573. The van der Waals surface area contributed by atoms with Gasteiger partial charge in [0.25, 0.3) is 0 Å². The molecule has 0 bridgehead atoms. The van der Waals surface area contributed by atoms with E-state index in [1.54, 1.807) is 5.38 Å². The number of H-pyrrole nitrogens is 1. The lowest BCUT2D eigenvalue weighted by molar-refractivity contribution is 0.171. The molecule has 0 spiro atoms. The monoisotopic (exact) mass is 235 g/mol. The van der Waals surface area contributed by atoms with Crippen LogP contribution in [0.2, 0.25) is 0 Å². The number of aromatic amines is 1. The fourth-order valence-electron chi connectivity index (χ4n) is 1.63. The second kappa shape index (κ2) is 3.68. The van der Waals surface area contributed by atoms with E-state index in [0.717, 1.165) is 34.1 Å². The van der Waals surface area contributed by atoms with Crippen molar-refractivity contribution in [2.45, 2.75) is 0 Å². The fraction of sp³-hybridized carbons (Fsp3) is 0.182. The number of nitrogens with one attached hydrogen (secondary N) is 1. The molecule has 0 amide bonds. The zero-order valence-electron chi connectivity index (χ0n) is 8.36. The first kappa shape index (κ1) is 9.47. The highest BCUT2D eigenvalue weighted by Crippen LogP contribution is 2.33. The molecule has 4 nitrogen and oxygen atoms in total. The largest absolute Gasteiger partial charge is 0.486 e. The molecular weight excluding hydrogens is 226 g/mol. The molecule has 1 N–H and O–H groups in total. The van der Waals surface area contributed by atoms with E-state index < -0.39 is 0 Å². The quantitative estimate of drug-likeness (QED) is 0.821. The molecule has 0 saturated carbocycles. The summed E-state index contributed by atoms with van der Waals surface area (Å²) in [6, 6.07) is 5.65. The highest BCUT2D eigenvalue weighted by molar-refractivity contribution is 7.07. The van der Waals surface area contributed by atoms with E-state index in [2.05, 4.69) is 4.98 Å². The van der Waals surface area contributed by atoms with E-state index >= 15 is 0 Å². The summed E-state index contributed by atoms with van der Waals surface area (Å²) in [5.74, 6) is 1.49. The molecule has 1 aromatic heterocycles. The van der Waals surface area contributed by atoms with Gasteiger partial charge in [-0.1, -0.05) is 11.3 Å². The molecule has 2 aromatic rings. The van der Waals surface area contributed by atoms with E-state index in [-0.39, 0.29) is 4.87 Å². The Morgan fingerprint density at radius 1 is 1.19 bits per heavy atom. The molecule has 0 saturated heterocycles. The molecule has 0 aliphatic carbocycles. The first-order valence-corrected chi connectivity index (χ1v) is 5.79. The van der Waals surface area contributed by atoms with Crippen LogP contribution in [0.4, 0.5) is 0 Å². The fourth-order valence-corrected chi connectivity index (χ4v) is 2.22. The lowest BCUT2D eigenvalue weighted by Gasteiger charge is -2.18. The van der Waals surface area contributed by atoms with E-state index in [0.29, 0.717) is 13.2 Å². The molecule has 5 heteroatoms. The van der Waals surface area contributed by atoms with Crippen LogP contribution in [0.3, 0.4) is 0 Å². The van der Waals surface area contributed by atoms with Crippen molar-refractivity contribution in [3.63, 3.8) is 0 Å². The number of ether oxygens (including phenoxy) is 2. The zero-order chi connectivity index (χ0) is 11.0. The third-order valence-corrected chi connectivity index (χ3v) is 3.04. The summed E-state index contributed by atoms with van der Waals surface area (Å²) in [5.41, 5.74) is 1.74. The van der Waals surface area contributed by atoms with E-state index in [4.69, 9.17) is 9.47 Å². The van der Waals surface area contributed by atoms with E-state index in [9.17, 15) is 4.79 Å². The summed E-state index contributed by atoms with van der Waals surface area (Å²) in [7, 11) is 0. The molecule has 0 unspecified atom stereocenters. The Kier molecular flexibility index (Phi) is 2.18. The predicted octanol–water partition coefficient (Wildman–Crippen LogP) is 1.87. The van der Waals surface area contributed by atoms with Crippen LogP contribution in [0.15, 0.2) is 28.4 Å². The van der Waals surface area contributed by atoms with Gasteiger partial charge in [-0.25, -0.2) is 0 Å². The van der Waals surface area contributed by atoms with E-state index in [1.165, 1.54) is 0 Å². The molecule has 1 aliphatic rings. The summed E-state index contributed by atoms with van der Waals surface area (Å²) < 4.78 is 10.9. The van der Waals surface area contributed by atoms with Crippen LogP contribution in [-0.4, -0.2) is 18.2 Å². The third kappa shape index (κ3) is 1.59. The van der Waals surface area contributed by atoms with Crippen LogP contribution in [0.1, 0.15) is 0 Å². The first-order valence-electron chi connectivity index (χ1n) is 4.91. The van der Waals surface area contributed by atoms with Crippen molar-refractivity contribution in [1.29, 1.82) is 0 Å². The van der Waals surface area contributed by atoms with Gasteiger partial charge in [0.2, 0.25) is 0 Å². The minimum atomic E-state index is -0.0510. The minimum absolute atomic E-state index is 0.0510. The molecule has 0 radical (unpaired) electrons. The molecule has 0 atom stereocenters. The Hall–Kier alpha value is -1.75. The lowest BCUT2D eigenvalue weighted by Crippen LogP contribution is -2.15. The lowest BCUT2D eigenvalue weighted by atomic mass is 10.1. The van der Waals surface area contributed by atoms with Crippen molar-refractivity contribution in [2.24, 2.45) is 0 Å². The number of thiazole rings is 1. The number of fused-ring (bicyclic) bond motifs is 1. The molecule has 2 heterocycles. The van der Waals surface area contributed by atoms with Gasteiger partial charge in [-0.15, -0.1) is 0 Å². The standard InChI is InChI=1S/C11H9NO3S/c13-11-12-8(6-16-11)7-1-2-9-10(5-7)15-4-3-14-9/h1-2,5-6H,3-4H2,(H,12,13). The number of hydrogen-bond donors (Lipinski definition) is 1. The van der Waals surface area contributed by atoms with Crippen LogP contribution in [0, 0.1) is 0 Å². The van der Waals surface area contributed by atoms with Crippen LogP contribution in [0.25, 0.3) is 11.3 Å². The highest BCUT2D eigenvalue weighted by Gasteiger charge is 2.12. The van der Waals surface area contributed by atoms with Gasteiger partial charge in [0.05, 0.1) is 5.69 Å². The summed E-state index contributed by atoms with van der Waals surface area (Å²) in [4.78, 5) is 13.8. The first-order chi connectivity index (χ1) is 7.83. The molecule has 1 aromatic carbocycles. The predicted molar refractivity (Wildman–Crippen MR) is 61.4 cm³/mol. The highest BCUT2D eigenvalue weighted by atomic mass is 32.1. The number of aromatic nitrogens is 1. The second-order valence-corrected chi connectivity index (χ2v) is 4.26. The Morgan fingerprint density at radius 3 is 2.75 bits per heavy atom. The smallest absolute Gasteiger partial charge is 0.304 e. The van der Waals surface area contributed by atoms with Crippen molar-refractivity contribution in [3.8, 4) is 22.8 Å². The zero-order valence-corrected chi connectivity index (χ0v) is 9.17. The van der Waals surface area contributed by atoms with Crippen LogP contribution in [0.5, 0.6) is 11.5 Å². The van der Waals surface area contributed by atoms with Crippen molar-refractivity contribution in [3.05, 3.63) is 33.2 Å². The number of hydrogen-bond acceptors (Lipinski definition) is 4. The summed E-state index contributed by atoms with van der Waals surface area (Å²) >= 11 is 1.15. The maximum absolute atomic E-state index is 11.1. The van der Waals surface area contributed by atoms with Crippen molar-refractivity contribution in [1.82, 2.24) is 4.98 Å². The summed E-state index contributed by atoms with van der Waals surface area (Å²) in [6.45, 7) is 1.15. The maximum atomic E-state index is 11.1. The molecule has 82 valence electrons. The minimum Gasteiger partial charge on any atom is -0.486 e. The number of benzene rings is 1. The van der Waals surface area contributed by atoms with Gasteiger partial charge in [0.1, 0.15) is 13.2 Å². The van der Waals surface area contributed by atoms with Crippen molar-refractivity contribution in [2.75, 3.05) is 13.2 Å². The molecular formula is C11H9NO3S. The van der Waals surface area contributed by atoms with Gasteiger partial charge >= 0.3 is 4.87 Å². The van der Waals surface area contributed by atoms with Crippen LogP contribution in [-0.2, 0) is 0 Å². The van der Waals surface area contributed by atoms with Gasteiger partial charge in [0, 0.05) is 10.9 Å². The molecule has 16 heavy (non-hydrogen) atoms. The van der Waals surface area contributed by atoms with Gasteiger partial charge in [-0.05, 0) is 18.2 Å². The molecule has 3 rings (SSSR count).